The van der Waals surface area contributed by atoms with Crippen molar-refractivity contribution < 1.29 is 9.84 Å². The molecule has 0 aliphatic rings. The molecule has 1 aromatic carbocycles. The molecule has 4 heteroatoms. The smallest absolute Gasteiger partial charge is 0.143 e. The molecule has 0 amide bonds. The average Bonchev–Trinajstić information content (AvgIpc) is 2.24. The fourth-order valence-corrected chi connectivity index (χ4v) is 2.10. The largest absolute Gasteiger partial charge is 0.492 e. The maximum absolute atomic E-state index is 8.68. The Morgan fingerprint density at radius 3 is 2.93 bits per heavy atom. The standard InChI is InChI=1S/C11H17NO2S/c1-2-14-9-5-3-6-10(11(9)12)15-8-4-7-13/h3,5-6,13H,2,4,7-8,12H2,1H3. The molecule has 1 aromatic rings. The first-order valence-corrected chi connectivity index (χ1v) is 6.03. The van der Waals surface area contributed by atoms with Crippen molar-refractivity contribution >= 4 is 17.4 Å². The molecule has 0 aliphatic carbocycles. The number of thioether (sulfide) groups is 1. The molecule has 15 heavy (non-hydrogen) atoms. The molecule has 3 nitrogen and oxygen atoms in total. The molecular formula is C11H17NO2S. The van der Waals surface area contributed by atoms with Crippen LogP contribution in [0.1, 0.15) is 13.3 Å². The van der Waals surface area contributed by atoms with Gasteiger partial charge in [0.15, 0.2) is 0 Å². The van der Waals surface area contributed by atoms with Gasteiger partial charge in [0.1, 0.15) is 5.75 Å². The van der Waals surface area contributed by atoms with Gasteiger partial charge in [0.2, 0.25) is 0 Å². The van der Waals surface area contributed by atoms with Gasteiger partial charge in [-0.15, -0.1) is 11.8 Å². The Morgan fingerprint density at radius 1 is 1.47 bits per heavy atom. The zero-order chi connectivity index (χ0) is 11.1. The minimum Gasteiger partial charge on any atom is -0.492 e. The normalized spacial score (nSPS) is 10.3. The molecular weight excluding hydrogens is 210 g/mol. The van der Waals surface area contributed by atoms with E-state index in [1.54, 1.807) is 11.8 Å². The summed E-state index contributed by atoms with van der Waals surface area (Å²) in [4.78, 5) is 1.02. The maximum Gasteiger partial charge on any atom is 0.143 e. The third-order valence-electron chi connectivity index (χ3n) is 1.89. The summed E-state index contributed by atoms with van der Waals surface area (Å²) in [6, 6.07) is 5.78. The zero-order valence-electron chi connectivity index (χ0n) is 8.90. The van der Waals surface area contributed by atoms with Crippen molar-refractivity contribution in [2.75, 3.05) is 24.7 Å². The lowest BCUT2D eigenvalue weighted by Crippen LogP contribution is -1.98. The van der Waals surface area contributed by atoms with Crippen LogP contribution in [0.4, 0.5) is 5.69 Å². The van der Waals surface area contributed by atoms with Crippen LogP contribution in [0, 0.1) is 0 Å². The molecule has 3 N–H and O–H groups in total. The topological polar surface area (TPSA) is 55.5 Å². The summed E-state index contributed by atoms with van der Waals surface area (Å²) in [6.45, 7) is 2.78. The number of aliphatic hydroxyl groups is 1. The van der Waals surface area contributed by atoms with Gasteiger partial charge in [-0.25, -0.2) is 0 Å². The van der Waals surface area contributed by atoms with Gasteiger partial charge in [-0.2, -0.15) is 0 Å². The summed E-state index contributed by atoms with van der Waals surface area (Å²) >= 11 is 1.65. The number of nitrogens with two attached hydrogens (primary N) is 1. The number of benzene rings is 1. The van der Waals surface area contributed by atoms with E-state index in [0.29, 0.717) is 12.3 Å². The Balaban J connectivity index is 2.66. The lowest BCUT2D eigenvalue weighted by atomic mass is 10.3. The van der Waals surface area contributed by atoms with Crippen molar-refractivity contribution in [1.29, 1.82) is 0 Å². The average molecular weight is 227 g/mol. The van der Waals surface area contributed by atoms with Crippen molar-refractivity contribution in [3.8, 4) is 5.75 Å². The Hall–Kier alpha value is -0.870. The molecule has 0 atom stereocenters. The van der Waals surface area contributed by atoms with E-state index in [0.717, 1.165) is 22.8 Å². The van der Waals surface area contributed by atoms with Crippen molar-refractivity contribution in [3.63, 3.8) is 0 Å². The van der Waals surface area contributed by atoms with E-state index in [2.05, 4.69) is 0 Å². The van der Waals surface area contributed by atoms with Gasteiger partial charge in [0.05, 0.1) is 12.3 Å². The fraction of sp³-hybridized carbons (Fsp3) is 0.455. The molecule has 0 heterocycles. The highest BCUT2D eigenvalue weighted by atomic mass is 32.2. The molecule has 0 bridgehead atoms. The van der Waals surface area contributed by atoms with E-state index in [9.17, 15) is 0 Å². The predicted octanol–water partition coefficient (Wildman–Crippen LogP) is 2.14. The predicted molar refractivity (Wildman–Crippen MR) is 64.5 cm³/mol. The number of hydrogen-bond donors (Lipinski definition) is 2. The van der Waals surface area contributed by atoms with Gasteiger partial charge in [-0.05, 0) is 25.5 Å². The van der Waals surface area contributed by atoms with Gasteiger partial charge in [0.25, 0.3) is 0 Å². The Labute approximate surface area is 94.6 Å². The highest BCUT2D eigenvalue weighted by molar-refractivity contribution is 7.99. The van der Waals surface area contributed by atoms with Crippen LogP contribution < -0.4 is 10.5 Å². The summed E-state index contributed by atoms with van der Waals surface area (Å²) in [5.74, 6) is 1.61. The van der Waals surface area contributed by atoms with Crippen molar-refractivity contribution in [2.24, 2.45) is 0 Å². The van der Waals surface area contributed by atoms with Crippen molar-refractivity contribution in [3.05, 3.63) is 18.2 Å². The van der Waals surface area contributed by atoms with Crippen LogP contribution in [0.5, 0.6) is 5.75 Å². The summed E-state index contributed by atoms with van der Waals surface area (Å²) < 4.78 is 5.40. The van der Waals surface area contributed by atoms with E-state index in [1.165, 1.54) is 0 Å². The molecule has 0 fully saturated rings. The lowest BCUT2D eigenvalue weighted by molar-refractivity contribution is 0.296. The summed E-state index contributed by atoms with van der Waals surface area (Å²) in [7, 11) is 0. The molecule has 0 saturated heterocycles. The van der Waals surface area contributed by atoms with Crippen LogP contribution >= 0.6 is 11.8 Å². The molecule has 84 valence electrons. The van der Waals surface area contributed by atoms with Crippen molar-refractivity contribution in [1.82, 2.24) is 0 Å². The molecule has 0 radical (unpaired) electrons. The van der Waals surface area contributed by atoms with E-state index in [-0.39, 0.29) is 6.61 Å². The van der Waals surface area contributed by atoms with Crippen LogP contribution in [0.3, 0.4) is 0 Å². The van der Waals surface area contributed by atoms with E-state index >= 15 is 0 Å². The van der Waals surface area contributed by atoms with Gasteiger partial charge in [-0.1, -0.05) is 6.07 Å². The number of rotatable bonds is 6. The van der Waals surface area contributed by atoms with Crippen LogP contribution in [-0.2, 0) is 0 Å². The molecule has 0 saturated carbocycles. The first-order valence-electron chi connectivity index (χ1n) is 5.04. The molecule has 0 spiro atoms. The number of nitrogen functional groups attached to an aromatic ring is 1. The molecule has 0 aliphatic heterocycles. The summed E-state index contributed by atoms with van der Waals surface area (Å²) in [6.07, 6.45) is 0.781. The first-order chi connectivity index (χ1) is 7.29. The van der Waals surface area contributed by atoms with Gasteiger partial charge < -0.3 is 15.6 Å². The molecule has 0 aromatic heterocycles. The summed E-state index contributed by atoms with van der Waals surface area (Å²) in [5, 5.41) is 8.68. The molecule has 0 unspecified atom stereocenters. The van der Waals surface area contributed by atoms with Crippen LogP contribution in [-0.4, -0.2) is 24.1 Å². The fourth-order valence-electron chi connectivity index (χ4n) is 1.18. The third kappa shape index (κ3) is 3.64. The number of ether oxygens (including phenoxy) is 1. The monoisotopic (exact) mass is 227 g/mol. The quantitative estimate of drug-likeness (QED) is 0.444. The van der Waals surface area contributed by atoms with Crippen molar-refractivity contribution in [2.45, 2.75) is 18.2 Å². The summed E-state index contributed by atoms with van der Waals surface area (Å²) in [5.41, 5.74) is 6.64. The number of hydrogen-bond acceptors (Lipinski definition) is 4. The van der Waals surface area contributed by atoms with Gasteiger partial charge in [0, 0.05) is 17.3 Å². The number of anilines is 1. The minimum atomic E-state index is 0.220. The lowest BCUT2D eigenvalue weighted by Gasteiger charge is -2.10. The van der Waals surface area contributed by atoms with Crippen LogP contribution in [0.25, 0.3) is 0 Å². The highest BCUT2D eigenvalue weighted by Crippen LogP contribution is 2.32. The van der Waals surface area contributed by atoms with E-state index < -0.39 is 0 Å². The second-order valence-corrected chi connectivity index (χ2v) is 4.16. The van der Waals surface area contributed by atoms with Crippen LogP contribution in [0.2, 0.25) is 0 Å². The van der Waals surface area contributed by atoms with Gasteiger partial charge >= 0.3 is 0 Å². The highest BCUT2D eigenvalue weighted by Gasteiger charge is 2.05. The Bertz CT molecular complexity index is 305. The number of para-hydroxylation sites is 1. The van der Waals surface area contributed by atoms with Crippen LogP contribution in [0.15, 0.2) is 23.1 Å². The SMILES string of the molecule is CCOc1cccc(SCCCO)c1N. The molecule has 1 rings (SSSR count). The Kier molecular flexibility index (Phi) is 5.36. The number of aliphatic hydroxyl groups excluding tert-OH is 1. The second-order valence-electron chi connectivity index (χ2n) is 3.03. The van der Waals surface area contributed by atoms with E-state index in [4.69, 9.17) is 15.6 Å². The third-order valence-corrected chi connectivity index (χ3v) is 3.05. The van der Waals surface area contributed by atoms with Gasteiger partial charge in [-0.3, -0.25) is 0 Å². The first kappa shape index (κ1) is 12.2. The van der Waals surface area contributed by atoms with E-state index in [1.807, 2.05) is 25.1 Å². The Morgan fingerprint density at radius 2 is 2.27 bits per heavy atom. The second kappa shape index (κ2) is 6.58. The maximum atomic E-state index is 8.68. The zero-order valence-corrected chi connectivity index (χ0v) is 9.72. The minimum absolute atomic E-state index is 0.220.